The molecular weight excluding hydrogens is 293 g/mol. The number of fused-ring (bicyclic) bond motifs is 1. The third kappa shape index (κ3) is 2.32. The second-order valence-corrected chi connectivity index (χ2v) is 7.36. The second kappa shape index (κ2) is 4.79. The molecule has 1 unspecified atom stereocenters. The summed E-state index contributed by atoms with van der Waals surface area (Å²) in [6.07, 6.45) is 6.66. The molecule has 20 heavy (non-hydrogen) atoms. The van der Waals surface area contributed by atoms with Gasteiger partial charge in [0.2, 0.25) is 0 Å². The van der Waals surface area contributed by atoms with Gasteiger partial charge in [-0.3, -0.25) is 0 Å². The Balaban J connectivity index is 1.52. The SMILES string of the molecule is Clc1cc(Cl)c2c(c1)C(NCC1(C3CC3)CC1)CCO2. The highest BCUT2D eigenvalue weighted by molar-refractivity contribution is 6.35. The zero-order valence-electron chi connectivity index (χ0n) is 11.4. The smallest absolute Gasteiger partial charge is 0.142 e. The predicted molar refractivity (Wildman–Crippen MR) is 81.7 cm³/mol. The lowest BCUT2D eigenvalue weighted by atomic mass is 9.96. The molecule has 2 fully saturated rings. The van der Waals surface area contributed by atoms with Gasteiger partial charge in [-0.2, -0.15) is 0 Å². The van der Waals surface area contributed by atoms with Crippen LogP contribution in [-0.4, -0.2) is 13.2 Å². The molecule has 0 aromatic heterocycles. The Kier molecular flexibility index (Phi) is 3.17. The van der Waals surface area contributed by atoms with Gasteiger partial charge in [-0.15, -0.1) is 0 Å². The van der Waals surface area contributed by atoms with Crippen molar-refractivity contribution in [2.45, 2.75) is 38.1 Å². The number of ether oxygens (including phenoxy) is 1. The van der Waals surface area contributed by atoms with E-state index < -0.39 is 0 Å². The fourth-order valence-electron chi connectivity index (χ4n) is 3.55. The minimum atomic E-state index is 0.325. The molecule has 1 atom stereocenters. The van der Waals surface area contributed by atoms with Gasteiger partial charge in [-0.25, -0.2) is 0 Å². The topological polar surface area (TPSA) is 21.3 Å². The molecule has 2 nitrogen and oxygen atoms in total. The minimum absolute atomic E-state index is 0.325. The third-order valence-electron chi connectivity index (χ3n) is 5.10. The van der Waals surface area contributed by atoms with Gasteiger partial charge in [0.15, 0.2) is 0 Å². The lowest BCUT2D eigenvalue weighted by Crippen LogP contribution is -2.32. The maximum absolute atomic E-state index is 6.24. The number of benzene rings is 1. The lowest BCUT2D eigenvalue weighted by Gasteiger charge is -2.29. The van der Waals surface area contributed by atoms with Crippen molar-refractivity contribution in [1.29, 1.82) is 0 Å². The highest BCUT2D eigenvalue weighted by atomic mass is 35.5. The molecule has 0 spiro atoms. The zero-order chi connectivity index (χ0) is 13.7. The van der Waals surface area contributed by atoms with E-state index in [0.29, 0.717) is 21.5 Å². The van der Waals surface area contributed by atoms with Crippen LogP contribution in [0.5, 0.6) is 5.75 Å². The van der Waals surface area contributed by atoms with Gasteiger partial charge in [0.25, 0.3) is 0 Å². The molecule has 108 valence electrons. The molecule has 0 radical (unpaired) electrons. The number of halogens is 2. The van der Waals surface area contributed by atoms with Crippen molar-refractivity contribution >= 4 is 23.2 Å². The first-order valence-corrected chi connectivity index (χ1v) is 8.29. The Morgan fingerprint density at radius 3 is 2.70 bits per heavy atom. The first-order chi connectivity index (χ1) is 9.68. The fourth-order valence-corrected chi connectivity index (χ4v) is 4.11. The van der Waals surface area contributed by atoms with Crippen molar-refractivity contribution < 1.29 is 4.74 Å². The van der Waals surface area contributed by atoms with Gasteiger partial charge in [0.1, 0.15) is 5.75 Å². The maximum Gasteiger partial charge on any atom is 0.142 e. The molecule has 4 heteroatoms. The number of hydrogen-bond acceptors (Lipinski definition) is 2. The summed E-state index contributed by atoms with van der Waals surface area (Å²) >= 11 is 12.4. The molecule has 1 N–H and O–H groups in total. The monoisotopic (exact) mass is 311 g/mol. The Labute approximate surface area is 129 Å². The van der Waals surface area contributed by atoms with Gasteiger partial charge >= 0.3 is 0 Å². The molecule has 1 aromatic carbocycles. The van der Waals surface area contributed by atoms with E-state index in [1.165, 1.54) is 25.7 Å². The van der Waals surface area contributed by atoms with Crippen LogP contribution in [-0.2, 0) is 0 Å². The summed E-state index contributed by atoms with van der Waals surface area (Å²) in [5, 5.41) is 5.08. The van der Waals surface area contributed by atoms with Crippen molar-refractivity contribution in [3.05, 3.63) is 27.7 Å². The number of nitrogens with one attached hydrogen (secondary N) is 1. The molecule has 1 aliphatic heterocycles. The zero-order valence-corrected chi connectivity index (χ0v) is 12.9. The summed E-state index contributed by atoms with van der Waals surface area (Å²) in [4.78, 5) is 0. The Hall–Kier alpha value is -0.440. The molecule has 4 rings (SSSR count). The first-order valence-electron chi connectivity index (χ1n) is 7.53. The number of hydrogen-bond donors (Lipinski definition) is 1. The van der Waals surface area contributed by atoms with Crippen molar-refractivity contribution in [2.75, 3.05) is 13.2 Å². The van der Waals surface area contributed by atoms with E-state index in [0.717, 1.165) is 36.8 Å². The van der Waals surface area contributed by atoms with Gasteiger partial charge < -0.3 is 10.1 Å². The van der Waals surface area contributed by atoms with Crippen LogP contribution in [0.4, 0.5) is 0 Å². The summed E-state index contributed by atoms with van der Waals surface area (Å²) in [6, 6.07) is 4.08. The minimum Gasteiger partial charge on any atom is -0.492 e. The van der Waals surface area contributed by atoms with E-state index in [9.17, 15) is 0 Å². The summed E-state index contributed by atoms with van der Waals surface area (Å²) in [5.74, 6) is 1.80. The van der Waals surface area contributed by atoms with Gasteiger partial charge in [-0.1, -0.05) is 23.2 Å². The van der Waals surface area contributed by atoms with E-state index >= 15 is 0 Å². The largest absolute Gasteiger partial charge is 0.492 e. The fraction of sp³-hybridized carbons (Fsp3) is 0.625. The van der Waals surface area contributed by atoms with Gasteiger partial charge in [0.05, 0.1) is 11.6 Å². The van der Waals surface area contributed by atoms with Crippen LogP contribution in [0.15, 0.2) is 12.1 Å². The Morgan fingerprint density at radius 1 is 1.20 bits per heavy atom. The Morgan fingerprint density at radius 2 is 2.00 bits per heavy atom. The van der Waals surface area contributed by atoms with Gasteiger partial charge in [-0.05, 0) is 49.1 Å². The van der Waals surface area contributed by atoms with Gasteiger partial charge in [0, 0.05) is 29.6 Å². The quantitative estimate of drug-likeness (QED) is 0.877. The molecule has 0 amide bonds. The number of rotatable bonds is 4. The van der Waals surface area contributed by atoms with E-state index in [-0.39, 0.29) is 0 Å². The molecule has 3 aliphatic rings. The molecule has 0 bridgehead atoms. The van der Waals surface area contributed by atoms with Crippen LogP contribution in [0.3, 0.4) is 0 Å². The van der Waals surface area contributed by atoms with Crippen LogP contribution < -0.4 is 10.1 Å². The standard InChI is InChI=1S/C16H19Cl2NO/c17-11-7-12-14(3-6-20-15(12)13(18)8-11)19-9-16(4-5-16)10-1-2-10/h7-8,10,14,19H,1-6,9H2. The first kappa shape index (κ1) is 13.2. The third-order valence-corrected chi connectivity index (χ3v) is 5.60. The van der Waals surface area contributed by atoms with Crippen molar-refractivity contribution in [2.24, 2.45) is 11.3 Å². The van der Waals surface area contributed by atoms with E-state index in [4.69, 9.17) is 27.9 Å². The highest BCUT2D eigenvalue weighted by Crippen LogP contribution is 2.61. The summed E-state index contributed by atoms with van der Waals surface area (Å²) in [6.45, 7) is 1.86. The molecule has 2 saturated carbocycles. The molecule has 2 aliphatic carbocycles. The average Bonchev–Trinajstić information content (AvgIpc) is 3.28. The molecule has 0 saturated heterocycles. The van der Waals surface area contributed by atoms with Crippen LogP contribution in [0.2, 0.25) is 10.0 Å². The van der Waals surface area contributed by atoms with Crippen molar-refractivity contribution in [3.63, 3.8) is 0 Å². The van der Waals surface area contributed by atoms with Crippen LogP contribution in [0.1, 0.15) is 43.7 Å². The molecule has 1 heterocycles. The average molecular weight is 312 g/mol. The normalized spacial score (nSPS) is 26.8. The second-order valence-electron chi connectivity index (χ2n) is 6.51. The molecule has 1 aromatic rings. The lowest BCUT2D eigenvalue weighted by molar-refractivity contribution is 0.243. The van der Waals surface area contributed by atoms with E-state index in [1.54, 1.807) is 6.07 Å². The predicted octanol–water partition coefficient (Wildman–Crippen LogP) is 4.60. The molecular formula is C16H19Cl2NO. The summed E-state index contributed by atoms with van der Waals surface area (Å²) in [5.41, 5.74) is 1.74. The van der Waals surface area contributed by atoms with Crippen molar-refractivity contribution in [3.8, 4) is 5.75 Å². The maximum atomic E-state index is 6.24. The van der Waals surface area contributed by atoms with Crippen LogP contribution >= 0.6 is 23.2 Å². The van der Waals surface area contributed by atoms with Crippen molar-refractivity contribution in [1.82, 2.24) is 5.32 Å². The van der Waals surface area contributed by atoms with Crippen LogP contribution in [0, 0.1) is 11.3 Å². The summed E-state index contributed by atoms with van der Waals surface area (Å²) < 4.78 is 5.72. The Bertz CT molecular complexity index is 538. The van der Waals surface area contributed by atoms with E-state index in [1.807, 2.05) is 6.07 Å². The summed E-state index contributed by atoms with van der Waals surface area (Å²) in [7, 11) is 0. The van der Waals surface area contributed by atoms with Crippen LogP contribution in [0.25, 0.3) is 0 Å². The van der Waals surface area contributed by atoms with E-state index in [2.05, 4.69) is 5.32 Å². The highest BCUT2D eigenvalue weighted by Gasteiger charge is 2.53.